The smallest absolute Gasteiger partial charge is 0.274 e. The number of anilines is 1. The Kier molecular flexibility index (Phi) is 4.17. The summed E-state index contributed by atoms with van der Waals surface area (Å²) in [5.41, 5.74) is 3.51. The molecule has 3 aromatic rings. The molecule has 1 aromatic carbocycles. The van der Waals surface area contributed by atoms with Gasteiger partial charge < -0.3 is 5.32 Å². The van der Waals surface area contributed by atoms with Crippen LogP contribution in [0.25, 0.3) is 5.65 Å². The monoisotopic (exact) mass is 375 g/mol. The second-order valence-electron chi connectivity index (χ2n) is 5.26. The third kappa shape index (κ3) is 2.99. The number of aryl methyl sites for hydroxylation is 2. The second kappa shape index (κ2) is 6.12. The van der Waals surface area contributed by atoms with Crippen molar-refractivity contribution in [3.05, 3.63) is 63.8 Å². The van der Waals surface area contributed by atoms with E-state index in [4.69, 9.17) is 0 Å². The van der Waals surface area contributed by atoms with Gasteiger partial charge in [-0.1, -0.05) is 6.92 Å². The fourth-order valence-electron chi connectivity index (χ4n) is 2.53. The van der Waals surface area contributed by atoms with Gasteiger partial charge in [-0.25, -0.2) is 9.37 Å². The second-order valence-corrected chi connectivity index (χ2v) is 6.17. The van der Waals surface area contributed by atoms with Crippen LogP contribution in [-0.4, -0.2) is 15.3 Å². The van der Waals surface area contributed by atoms with Crippen LogP contribution < -0.4 is 5.32 Å². The topological polar surface area (TPSA) is 46.4 Å². The number of halogens is 2. The lowest BCUT2D eigenvalue weighted by atomic mass is 10.2. The Labute approximate surface area is 141 Å². The van der Waals surface area contributed by atoms with E-state index in [0.29, 0.717) is 17.8 Å². The molecule has 0 aliphatic carbocycles. The van der Waals surface area contributed by atoms with Crippen molar-refractivity contribution < 1.29 is 9.18 Å². The van der Waals surface area contributed by atoms with E-state index in [2.05, 4.69) is 26.2 Å². The molecule has 118 valence electrons. The predicted molar refractivity (Wildman–Crippen MR) is 91.4 cm³/mol. The Morgan fingerprint density at radius 2 is 2.04 bits per heavy atom. The van der Waals surface area contributed by atoms with E-state index in [-0.39, 0.29) is 11.7 Å². The molecule has 0 unspecified atom stereocenters. The largest absolute Gasteiger partial charge is 0.321 e. The molecular formula is C17H15BrFN3O. The number of benzene rings is 1. The number of rotatable bonds is 3. The minimum Gasteiger partial charge on any atom is -0.321 e. The van der Waals surface area contributed by atoms with Crippen LogP contribution in [0.15, 0.2) is 41.0 Å². The summed E-state index contributed by atoms with van der Waals surface area (Å²) in [5, 5.41) is 2.80. The van der Waals surface area contributed by atoms with E-state index in [0.717, 1.165) is 21.4 Å². The molecule has 0 saturated heterocycles. The van der Waals surface area contributed by atoms with Crippen LogP contribution in [0.1, 0.15) is 28.7 Å². The average molecular weight is 376 g/mol. The molecule has 6 heteroatoms. The van der Waals surface area contributed by atoms with E-state index < -0.39 is 0 Å². The highest BCUT2D eigenvalue weighted by Gasteiger charge is 2.19. The number of imidazole rings is 1. The molecule has 0 aliphatic heterocycles. The van der Waals surface area contributed by atoms with Gasteiger partial charge in [0.1, 0.15) is 17.2 Å². The van der Waals surface area contributed by atoms with Crippen molar-refractivity contribution in [3.8, 4) is 0 Å². The summed E-state index contributed by atoms with van der Waals surface area (Å²) in [6.07, 6.45) is 2.47. The van der Waals surface area contributed by atoms with Gasteiger partial charge >= 0.3 is 0 Å². The van der Waals surface area contributed by atoms with E-state index in [1.54, 1.807) is 4.40 Å². The van der Waals surface area contributed by atoms with Gasteiger partial charge in [-0.05, 0) is 65.2 Å². The summed E-state index contributed by atoms with van der Waals surface area (Å²) in [5.74, 6) is -0.606. The molecule has 1 N–H and O–H groups in total. The first-order chi connectivity index (χ1) is 11.0. The summed E-state index contributed by atoms with van der Waals surface area (Å²) in [6.45, 7) is 3.91. The Bertz CT molecular complexity index is 887. The van der Waals surface area contributed by atoms with Crippen molar-refractivity contribution >= 4 is 33.2 Å². The molecule has 0 fully saturated rings. The molecule has 4 nitrogen and oxygen atoms in total. The number of nitrogens with one attached hydrogen (secondary N) is 1. The molecule has 0 atom stereocenters. The van der Waals surface area contributed by atoms with Gasteiger partial charge in [0.2, 0.25) is 0 Å². The van der Waals surface area contributed by atoms with Crippen LogP contribution in [0, 0.1) is 12.7 Å². The maximum absolute atomic E-state index is 13.0. The molecule has 1 amide bonds. The van der Waals surface area contributed by atoms with Crippen LogP contribution in [0.5, 0.6) is 0 Å². The minimum atomic E-state index is -0.341. The van der Waals surface area contributed by atoms with Crippen LogP contribution in [0.2, 0.25) is 0 Å². The molecule has 0 bridgehead atoms. The first-order valence-electron chi connectivity index (χ1n) is 7.23. The number of amides is 1. The van der Waals surface area contributed by atoms with Gasteiger partial charge in [-0.3, -0.25) is 9.20 Å². The van der Waals surface area contributed by atoms with Crippen LogP contribution in [0.3, 0.4) is 0 Å². The van der Waals surface area contributed by atoms with Gasteiger partial charge in [0, 0.05) is 16.4 Å². The number of aromatic nitrogens is 2. The minimum absolute atomic E-state index is 0.265. The van der Waals surface area contributed by atoms with Crippen LogP contribution in [0.4, 0.5) is 10.1 Å². The number of nitrogens with zero attached hydrogens (tertiary/aromatic N) is 2. The third-order valence-corrected chi connectivity index (χ3v) is 4.03. The van der Waals surface area contributed by atoms with Crippen molar-refractivity contribution in [1.29, 1.82) is 0 Å². The number of carbonyl (C=O) groups is 1. The lowest BCUT2D eigenvalue weighted by Gasteiger charge is -2.07. The van der Waals surface area contributed by atoms with Crippen molar-refractivity contribution in [1.82, 2.24) is 9.38 Å². The fourth-order valence-corrected chi connectivity index (χ4v) is 3.07. The molecule has 0 radical (unpaired) electrons. The highest BCUT2D eigenvalue weighted by Crippen LogP contribution is 2.22. The SMILES string of the molecule is CCc1nc2c(C)cc(Br)cn2c1C(=O)Nc1ccc(F)cc1. The molecule has 0 saturated carbocycles. The summed E-state index contributed by atoms with van der Waals surface area (Å²) >= 11 is 3.45. The average Bonchev–Trinajstić information content (AvgIpc) is 2.88. The summed E-state index contributed by atoms with van der Waals surface area (Å²) < 4.78 is 15.6. The maximum atomic E-state index is 13.0. The molecule has 2 heterocycles. The molecule has 23 heavy (non-hydrogen) atoms. The van der Waals surface area contributed by atoms with Gasteiger partial charge in [-0.2, -0.15) is 0 Å². The standard InChI is InChI=1S/C17H15BrFN3O/c1-3-14-15(17(23)20-13-6-4-12(19)5-7-13)22-9-11(18)8-10(2)16(22)21-14/h4-9H,3H2,1-2H3,(H,20,23). The number of pyridine rings is 1. The highest BCUT2D eigenvalue weighted by atomic mass is 79.9. The molecular weight excluding hydrogens is 361 g/mol. The Morgan fingerprint density at radius 3 is 2.70 bits per heavy atom. The lowest BCUT2D eigenvalue weighted by Crippen LogP contribution is -2.16. The van der Waals surface area contributed by atoms with Gasteiger partial charge in [0.15, 0.2) is 0 Å². The summed E-state index contributed by atoms with van der Waals surface area (Å²) in [4.78, 5) is 17.3. The number of fused-ring (bicyclic) bond motifs is 1. The van der Waals surface area contributed by atoms with Crippen molar-refractivity contribution in [2.24, 2.45) is 0 Å². The third-order valence-electron chi connectivity index (χ3n) is 3.59. The van der Waals surface area contributed by atoms with Crippen molar-refractivity contribution in [3.63, 3.8) is 0 Å². The number of carbonyl (C=O) groups excluding carboxylic acids is 1. The Hall–Kier alpha value is -2.21. The van der Waals surface area contributed by atoms with E-state index in [1.807, 2.05) is 26.1 Å². The molecule has 0 spiro atoms. The highest BCUT2D eigenvalue weighted by molar-refractivity contribution is 9.10. The lowest BCUT2D eigenvalue weighted by molar-refractivity contribution is 0.102. The van der Waals surface area contributed by atoms with Crippen LogP contribution in [-0.2, 0) is 6.42 Å². The van der Waals surface area contributed by atoms with Gasteiger partial charge in [-0.15, -0.1) is 0 Å². The zero-order valence-corrected chi connectivity index (χ0v) is 14.3. The maximum Gasteiger partial charge on any atom is 0.274 e. The number of hydrogen-bond donors (Lipinski definition) is 1. The Balaban J connectivity index is 2.07. The zero-order valence-electron chi connectivity index (χ0n) is 12.7. The Morgan fingerprint density at radius 1 is 1.35 bits per heavy atom. The predicted octanol–water partition coefficient (Wildman–Crippen LogP) is 4.36. The summed E-state index contributed by atoms with van der Waals surface area (Å²) in [6, 6.07) is 7.65. The first-order valence-corrected chi connectivity index (χ1v) is 8.03. The summed E-state index contributed by atoms with van der Waals surface area (Å²) in [7, 11) is 0. The zero-order chi connectivity index (χ0) is 16.6. The number of hydrogen-bond acceptors (Lipinski definition) is 2. The van der Waals surface area contributed by atoms with E-state index in [9.17, 15) is 9.18 Å². The van der Waals surface area contributed by atoms with Crippen molar-refractivity contribution in [2.75, 3.05) is 5.32 Å². The quantitative estimate of drug-likeness (QED) is 0.739. The fraction of sp³-hybridized carbons (Fsp3) is 0.176. The van der Waals surface area contributed by atoms with E-state index >= 15 is 0 Å². The van der Waals surface area contributed by atoms with Crippen molar-refractivity contribution in [2.45, 2.75) is 20.3 Å². The van der Waals surface area contributed by atoms with Gasteiger partial charge in [0.25, 0.3) is 5.91 Å². The molecule has 3 rings (SSSR count). The van der Waals surface area contributed by atoms with Crippen LogP contribution >= 0.6 is 15.9 Å². The first kappa shape index (κ1) is 15.7. The van der Waals surface area contributed by atoms with Gasteiger partial charge in [0.05, 0.1) is 5.69 Å². The molecule has 2 aromatic heterocycles. The normalized spacial score (nSPS) is 11.0. The molecule has 0 aliphatic rings. The van der Waals surface area contributed by atoms with E-state index in [1.165, 1.54) is 24.3 Å².